The van der Waals surface area contributed by atoms with E-state index in [9.17, 15) is 4.79 Å². The second-order valence-corrected chi connectivity index (χ2v) is 7.72. The summed E-state index contributed by atoms with van der Waals surface area (Å²) in [5, 5.41) is 8.26. The Kier molecular flexibility index (Phi) is 4.10. The Morgan fingerprint density at radius 1 is 1.22 bits per heavy atom. The zero-order chi connectivity index (χ0) is 18.4. The van der Waals surface area contributed by atoms with Gasteiger partial charge < -0.3 is 4.90 Å². The van der Waals surface area contributed by atoms with Gasteiger partial charge in [-0.2, -0.15) is 5.10 Å². The van der Waals surface area contributed by atoms with Gasteiger partial charge in [0.25, 0.3) is 5.91 Å². The van der Waals surface area contributed by atoms with Crippen LogP contribution in [0.5, 0.6) is 0 Å². The lowest BCUT2D eigenvalue weighted by molar-refractivity contribution is 0.0573. The standard InChI is InChI=1S/C20H20ClN5O/c21-14-3-4-16-17(9-18(24-19(16)8-14)13-10-22-23-11-13)20(27)26-7-6-25-5-1-2-15(25)12-26/h3-4,8-11,15H,1-2,5-7,12H2,(H,22,23). The lowest BCUT2D eigenvalue weighted by Gasteiger charge is -2.37. The fraction of sp³-hybridized carbons (Fsp3) is 0.350. The zero-order valence-electron chi connectivity index (χ0n) is 14.9. The van der Waals surface area contributed by atoms with E-state index in [4.69, 9.17) is 16.6 Å². The summed E-state index contributed by atoms with van der Waals surface area (Å²) in [5.74, 6) is 0.0704. The molecule has 1 atom stereocenters. The van der Waals surface area contributed by atoms with Crippen molar-refractivity contribution < 1.29 is 4.79 Å². The van der Waals surface area contributed by atoms with Crippen LogP contribution in [0.25, 0.3) is 22.2 Å². The molecule has 2 aromatic heterocycles. The van der Waals surface area contributed by atoms with E-state index >= 15 is 0 Å². The minimum Gasteiger partial charge on any atom is -0.336 e. The summed E-state index contributed by atoms with van der Waals surface area (Å²) in [6, 6.07) is 7.90. The lowest BCUT2D eigenvalue weighted by atomic mass is 10.0. The fourth-order valence-corrected chi connectivity index (χ4v) is 4.43. The van der Waals surface area contributed by atoms with Crippen LogP contribution < -0.4 is 0 Å². The maximum absolute atomic E-state index is 13.4. The van der Waals surface area contributed by atoms with Gasteiger partial charge in [-0.3, -0.25) is 14.8 Å². The highest BCUT2D eigenvalue weighted by atomic mass is 35.5. The van der Waals surface area contributed by atoms with Crippen LogP contribution >= 0.6 is 11.6 Å². The summed E-state index contributed by atoms with van der Waals surface area (Å²) in [4.78, 5) is 22.6. The number of hydrogen-bond acceptors (Lipinski definition) is 4. The zero-order valence-corrected chi connectivity index (χ0v) is 15.6. The molecule has 1 aromatic carbocycles. The van der Waals surface area contributed by atoms with Crippen LogP contribution in [0.15, 0.2) is 36.7 Å². The number of H-pyrrole nitrogens is 1. The quantitative estimate of drug-likeness (QED) is 0.740. The number of hydrogen-bond donors (Lipinski definition) is 1. The van der Waals surface area contributed by atoms with Crippen molar-refractivity contribution in [3.63, 3.8) is 0 Å². The van der Waals surface area contributed by atoms with E-state index in [1.165, 1.54) is 12.8 Å². The van der Waals surface area contributed by atoms with Gasteiger partial charge in [0, 0.05) is 47.8 Å². The van der Waals surface area contributed by atoms with E-state index in [-0.39, 0.29) is 5.91 Å². The summed E-state index contributed by atoms with van der Waals surface area (Å²) in [6.07, 6.45) is 5.90. The van der Waals surface area contributed by atoms with Crippen LogP contribution in [0.2, 0.25) is 5.02 Å². The summed E-state index contributed by atoms with van der Waals surface area (Å²) < 4.78 is 0. The average molecular weight is 382 g/mol. The lowest BCUT2D eigenvalue weighted by Crippen LogP contribution is -2.52. The van der Waals surface area contributed by atoms with Crippen molar-refractivity contribution in [1.29, 1.82) is 0 Å². The second-order valence-electron chi connectivity index (χ2n) is 7.29. The molecule has 0 bridgehead atoms. The molecular weight excluding hydrogens is 362 g/mol. The Balaban J connectivity index is 1.57. The monoisotopic (exact) mass is 381 g/mol. The van der Waals surface area contributed by atoms with Crippen LogP contribution in [-0.2, 0) is 0 Å². The SMILES string of the molecule is O=C(c1cc(-c2cn[nH]c2)nc2cc(Cl)ccc12)N1CCN2CCCC2C1. The van der Waals surface area contributed by atoms with Crippen LogP contribution in [0.3, 0.4) is 0 Å². The smallest absolute Gasteiger partial charge is 0.254 e. The van der Waals surface area contributed by atoms with Crippen molar-refractivity contribution >= 4 is 28.4 Å². The van der Waals surface area contributed by atoms with E-state index in [1.807, 2.05) is 29.2 Å². The van der Waals surface area contributed by atoms with Crippen molar-refractivity contribution in [2.75, 3.05) is 26.2 Å². The number of halogens is 1. The van der Waals surface area contributed by atoms with E-state index in [2.05, 4.69) is 15.1 Å². The van der Waals surface area contributed by atoms with Crippen LogP contribution in [0.4, 0.5) is 0 Å². The molecule has 2 aliphatic heterocycles. The Bertz CT molecular complexity index is 1000. The fourth-order valence-electron chi connectivity index (χ4n) is 4.26. The number of piperazine rings is 1. The Morgan fingerprint density at radius 3 is 3.00 bits per heavy atom. The number of pyridine rings is 1. The Morgan fingerprint density at radius 2 is 2.15 bits per heavy atom. The van der Waals surface area contributed by atoms with Gasteiger partial charge in [0.2, 0.25) is 0 Å². The van der Waals surface area contributed by atoms with Crippen molar-refractivity contribution in [3.05, 3.63) is 47.2 Å². The number of amides is 1. The van der Waals surface area contributed by atoms with E-state index < -0.39 is 0 Å². The molecule has 6 nitrogen and oxygen atoms in total. The normalized spacial score (nSPS) is 20.2. The first kappa shape index (κ1) is 16.7. The first-order valence-corrected chi connectivity index (χ1v) is 9.69. The average Bonchev–Trinajstić information content (AvgIpc) is 3.37. The third kappa shape index (κ3) is 2.99. The highest BCUT2D eigenvalue weighted by molar-refractivity contribution is 6.31. The number of rotatable bonds is 2. The van der Waals surface area contributed by atoms with E-state index in [0.717, 1.165) is 48.3 Å². The number of aromatic amines is 1. The van der Waals surface area contributed by atoms with E-state index in [0.29, 0.717) is 16.6 Å². The van der Waals surface area contributed by atoms with Gasteiger partial charge in [-0.05, 0) is 37.6 Å². The first-order valence-electron chi connectivity index (χ1n) is 9.32. The maximum Gasteiger partial charge on any atom is 0.254 e. The number of nitrogens with zero attached hydrogens (tertiary/aromatic N) is 4. The summed E-state index contributed by atoms with van der Waals surface area (Å²) in [5.41, 5.74) is 2.98. The summed E-state index contributed by atoms with van der Waals surface area (Å²) in [7, 11) is 0. The minimum atomic E-state index is 0.0704. The maximum atomic E-state index is 13.4. The number of benzene rings is 1. The van der Waals surface area contributed by atoms with Gasteiger partial charge in [-0.1, -0.05) is 17.7 Å². The highest BCUT2D eigenvalue weighted by Crippen LogP contribution is 2.29. The summed E-state index contributed by atoms with van der Waals surface area (Å²) >= 11 is 6.18. The molecule has 2 fully saturated rings. The van der Waals surface area contributed by atoms with Crippen LogP contribution in [0, 0.1) is 0 Å². The van der Waals surface area contributed by atoms with E-state index in [1.54, 1.807) is 12.4 Å². The molecule has 0 spiro atoms. The summed E-state index contributed by atoms with van der Waals surface area (Å²) in [6.45, 7) is 3.69. The molecule has 1 unspecified atom stereocenters. The van der Waals surface area contributed by atoms with Gasteiger partial charge in [-0.25, -0.2) is 4.98 Å². The molecule has 0 radical (unpaired) electrons. The topological polar surface area (TPSA) is 65.1 Å². The largest absolute Gasteiger partial charge is 0.336 e. The predicted octanol–water partition coefficient (Wildman–Crippen LogP) is 3.20. The van der Waals surface area contributed by atoms with Crippen LogP contribution in [0.1, 0.15) is 23.2 Å². The third-order valence-corrected chi connectivity index (χ3v) is 5.91. The number of nitrogens with one attached hydrogen (secondary N) is 1. The van der Waals surface area contributed by atoms with Gasteiger partial charge >= 0.3 is 0 Å². The van der Waals surface area contributed by atoms with Crippen molar-refractivity contribution in [1.82, 2.24) is 25.0 Å². The molecule has 4 heterocycles. The molecule has 7 heteroatoms. The number of carbonyl (C=O) groups excluding carboxylic acids is 1. The molecule has 0 saturated carbocycles. The van der Waals surface area contributed by atoms with Crippen molar-refractivity contribution in [2.45, 2.75) is 18.9 Å². The molecule has 0 aliphatic carbocycles. The molecule has 3 aromatic rings. The minimum absolute atomic E-state index is 0.0704. The number of aromatic nitrogens is 3. The van der Waals surface area contributed by atoms with Crippen molar-refractivity contribution in [2.24, 2.45) is 0 Å². The van der Waals surface area contributed by atoms with Gasteiger partial charge in [0.15, 0.2) is 0 Å². The Hall–Kier alpha value is -2.44. The van der Waals surface area contributed by atoms with Gasteiger partial charge in [0.1, 0.15) is 0 Å². The molecule has 27 heavy (non-hydrogen) atoms. The predicted molar refractivity (Wildman–Crippen MR) is 105 cm³/mol. The van der Waals surface area contributed by atoms with Gasteiger partial charge in [0.05, 0.1) is 23.0 Å². The van der Waals surface area contributed by atoms with Crippen molar-refractivity contribution in [3.8, 4) is 11.3 Å². The molecule has 1 amide bonds. The van der Waals surface area contributed by atoms with Crippen LogP contribution in [-0.4, -0.2) is 63.1 Å². The molecule has 1 N–H and O–H groups in total. The third-order valence-electron chi connectivity index (χ3n) is 5.67. The first-order chi connectivity index (χ1) is 13.2. The molecule has 2 saturated heterocycles. The number of fused-ring (bicyclic) bond motifs is 2. The molecule has 138 valence electrons. The molecular formula is C20H20ClN5O. The molecule has 2 aliphatic rings. The number of carbonyl (C=O) groups is 1. The second kappa shape index (κ2) is 6.62. The molecule has 5 rings (SSSR count). The Labute approximate surface area is 162 Å². The van der Waals surface area contributed by atoms with Gasteiger partial charge in [-0.15, -0.1) is 0 Å². The highest BCUT2D eigenvalue weighted by Gasteiger charge is 2.33.